The topological polar surface area (TPSA) is 45.5 Å². The highest BCUT2D eigenvalue weighted by Crippen LogP contribution is 2.13. The first-order chi connectivity index (χ1) is 9.21. The van der Waals surface area contributed by atoms with Gasteiger partial charge in [-0.15, -0.1) is 0 Å². The summed E-state index contributed by atoms with van der Waals surface area (Å²) >= 11 is 1.74. The van der Waals surface area contributed by atoms with Gasteiger partial charge in [-0.1, -0.05) is 0 Å². The molecule has 108 valence electrons. The number of amides is 1. The molecule has 0 saturated heterocycles. The molecular weight excluding hydrogens is 260 g/mol. The van der Waals surface area contributed by atoms with Gasteiger partial charge < -0.3 is 14.6 Å². The van der Waals surface area contributed by atoms with Gasteiger partial charge in [-0.25, -0.2) is 0 Å². The zero-order valence-electron chi connectivity index (χ0n) is 12.1. The van der Waals surface area contributed by atoms with E-state index in [1.54, 1.807) is 11.8 Å². The van der Waals surface area contributed by atoms with E-state index in [0.717, 1.165) is 30.4 Å². The predicted octanol–water partition coefficient (Wildman–Crippen LogP) is 2.49. The number of nitrogens with one attached hydrogen (secondary N) is 1. The second kappa shape index (κ2) is 9.04. The molecule has 4 nitrogen and oxygen atoms in total. The Bertz CT molecular complexity index is 375. The summed E-state index contributed by atoms with van der Waals surface area (Å²) in [6.45, 7) is 6.95. The van der Waals surface area contributed by atoms with Crippen molar-refractivity contribution in [1.29, 1.82) is 0 Å². The van der Waals surface area contributed by atoms with Crippen LogP contribution in [0.2, 0.25) is 0 Å². The molecule has 19 heavy (non-hydrogen) atoms. The zero-order valence-corrected chi connectivity index (χ0v) is 12.9. The fraction of sp³-hybridized carbons (Fsp3) is 0.643. The molecule has 5 heteroatoms. The van der Waals surface area contributed by atoms with Gasteiger partial charge in [0.25, 0.3) is 0 Å². The van der Waals surface area contributed by atoms with Crippen molar-refractivity contribution in [3.05, 3.63) is 23.7 Å². The van der Waals surface area contributed by atoms with E-state index in [1.165, 1.54) is 0 Å². The van der Waals surface area contributed by atoms with E-state index >= 15 is 0 Å². The zero-order chi connectivity index (χ0) is 14.1. The molecule has 0 spiro atoms. The first kappa shape index (κ1) is 16.1. The SMILES string of the molecule is CCN(CC)C(=O)CCNCc1ccc(CSC)o1. The summed E-state index contributed by atoms with van der Waals surface area (Å²) in [7, 11) is 0. The van der Waals surface area contributed by atoms with Gasteiger partial charge in [0.1, 0.15) is 11.5 Å². The monoisotopic (exact) mass is 284 g/mol. The Kier molecular flexibility index (Phi) is 7.67. The minimum absolute atomic E-state index is 0.208. The third-order valence-corrected chi connectivity index (χ3v) is 3.51. The van der Waals surface area contributed by atoms with E-state index in [1.807, 2.05) is 30.9 Å². The first-order valence-corrected chi connectivity index (χ1v) is 8.15. The van der Waals surface area contributed by atoms with Crippen molar-refractivity contribution in [3.63, 3.8) is 0 Å². The Morgan fingerprint density at radius 1 is 1.32 bits per heavy atom. The second-order valence-corrected chi connectivity index (χ2v) is 5.16. The number of carbonyl (C=O) groups is 1. The highest BCUT2D eigenvalue weighted by Gasteiger charge is 2.08. The van der Waals surface area contributed by atoms with Crippen molar-refractivity contribution in [2.75, 3.05) is 25.9 Å². The van der Waals surface area contributed by atoms with Crippen LogP contribution < -0.4 is 5.32 Å². The molecule has 0 aliphatic rings. The van der Waals surface area contributed by atoms with Gasteiger partial charge in [0.2, 0.25) is 5.91 Å². The average Bonchev–Trinajstić information content (AvgIpc) is 2.84. The van der Waals surface area contributed by atoms with Crippen molar-refractivity contribution in [2.45, 2.75) is 32.6 Å². The molecule has 1 rings (SSSR count). The van der Waals surface area contributed by atoms with Crippen LogP contribution in [-0.4, -0.2) is 36.7 Å². The summed E-state index contributed by atoms with van der Waals surface area (Å²) < 4.78 is 5.64. The van der Waals surface area contributed by atoms with Gasteiger partial charge in [-0.2, -0.15) is 11.8 Å². The number of furan rings is 1. The third-order valence-electron chi connectivity index (χ3n) is 2.93. The lowest BCUT2D eigenvalue weighted by atomic mass is 10.3. The maximum atomic E-state index is 11.8. The molecule has 1 N–H and O–H groups in total. The molecule has 1 aromatic rings. The molecule has 0 unspecified atom stereocenters. The van der Waals surface area contributed by atoms with Crippen LogP contribution in [-0.2, 0) is 17.1 Å². The van der Waals surface area contributed by atoms with Crippen molar-refractivity contribution in [2.24, 2.45) is 0 Å². The third kappa shape index (κ3) is 5.70. The minimum atomic E-state index is 0.208. The Balaban J connectivity index is 2.21. The normalized spacial score (nSPS) is 10.7. The number of nitrogens with zero attached hydrogens (tertiary/aromatic N) is 1. The molecule has 0 saturated carbocycles. The summed E-state index contributed by atoms with van der Waals surface area (Å²) in [6.07, 6.45) is 2.60. The molecule has 1 heterocycles. The molecule has 0 aliphatic carbocycles. The summed E-state index contributed by atoms with van der Waals surface area (Å²) in [4.78, 5) is 13.6. The number of hydrogen-bond donors (Lipinski definition) is 1. The van der Waals surface area contributed by atoms with Gasteiger partial charge in [0.05, 0.1) is 12.3 Å². The summed E-state index contributed by atoms with van der Waals surface area (Å²) in [5.41, 5.74) is 0. The Morgan fingerprint density at radius 2 is 2.00 bits per heavy atom. The quantitative estimate of drug-likeness (QED) is 0.708. The molecule has 0 bridgehead atoms. The second-order valence-electron chi connectivity index (χ2n) is 4.29. The largest absolute Gasteiger partial charge is 0.464 e. The van der Waals surface area contributed by atoms with E-state index < -0.39 is 0 Å². The fourth-order valence-corrected chi connectivity index (χ4v) is 2.32. The minimum Gasteiger partial charge on any atom is -0.464 e. The van der Waals surface area contributed by atoms with Crippen molar-refractivity contribution >= 4 is 17.7 Å². The van der Waals surface area contributed by atoms with E-state index in [0.29, 0.717) is 19.5 Å². The van der Waals surface area contributed by atoms with Crippen LogP contribution in [0.25, 0.3) is 0 Å². The van der Waals surface area contributed by atoms with Crippen LogP contribution >= 0.6 is 11.8 Å². The highest BCUT2D eigenvalue weighted by molar-refractivity contribution is 7.97. The van der Waals surface area contributed by atoms with Gasteiger partial charge >= 0.3 is 0 Å². The average molecular weight is 284 g/mol. The molecule has 0 aromatic carbocycles. The molecule has 0 fully saturated rings. The molecule has 1 amide bonds. The van der Waals surface area contributed by atoms with E-state index in [2.05, 4.69) is 11.6 Å². The van der Waals surface area contributed by atoms with Crippen LogP contribution in [0, 0.1) is 0 Å². The van der Waals surface area contributed by atoms with Crippen molar-refractivity contribution in [3.8, 4) is 0 Å². The van der Waals surface area contributed by atoms with Crippen LogP contribution in [0.1, 0.15) is 31.8 Å². The lowest BCUT2D eigenvalue weighted by Crippen LogP contribution is -2.32. The molecule has 1 aromatic heterocycles. The molecule has 0 aliphatic heterocycles. The fourth-order valence-electron chi connectivity index (χ4n) is 1.88. The van der Waals surface area contributed by atoms with Gasteiger partial charge in [-0.3, -0.25) is 4.79 Å². The summed E-state index contributed by atoms with van der Waals surface area (Å²) in [5.74, 6) is 3.04. The standard InChI is InChI=1S/C14H24N2O2S/c1-4-16(5-2)14(17)8-9-15-10-12-6-7-13(18-12)11-19-3/h6-7,15H,4-5,8-11H2,1-3H3. The van der Waals surface area contributed by atoms with Gasteiger partial charge in [-0.05, 0) is 32.2 Å². The maximum Gasteiger partial charge on any atom is 0.223 e. The van der Waals surface area contributed by atoms with Crippen LogP contribution in [0.3, 0.4) is 0 Å². The lowest BCUT2D eigenvalue weighted by molar-refractivity contribution is -0.130. The van der Waals surface area contributed by atoms with Gasteiger partial charge in [0, 0.05) is 26.1 Å². The Morgan fingerprint density at radius 3 is 2.63 bits per heavy atom. The predicted molar refractivity (Wildman–Crippen MR) is 80.2 cm³/mol. The Labute approximate surface area is 119 Å². The number of hydrogen-bond acceptors (Lipinski definition) is 4. The summed E-state index contributed by atoms with van der Waals surface area (Å²) in [5, 5.41) is 3.24. The molecule has 0 atom stereocenters. The smallest absolute Gasteiger partial charge is 0.223 e. The van der Waals surface area contributed by atoms with Crippen LogP contribution in [0.5, 0.6) is 0 Å². The highest BCUT2D eigenvalue weighted by atomic mass is 32.2. The van der Waals surface area contributed by atoms with Crippen LogP contribution in [0.4, 0.5) is 0 Å². The number of rotatable bonds is 9. The van der Waals surface area contributed by atoms with Crippen molar-refractivity contribution < 1.29 is 9.21 Å². The van der Waals surface area contributed by atoms with E-state index in [9.17, 15) is 4.79 Å². The van der Waals surface area contributed by atoms with E-state index in [4.69, 9.17) is 4.42 Å². The molecular formula is C14H24N2O2S. The lowest BCUT2D eigenvalue weighted by Gasteiger charge is -2.18. The number of thioether (sulfide) groups is 1. The van der Waals surface area contributed by atoms with Crippen molar-refractivity contribution in [1.82, 2.24) is 10.2 Å². The first-order valence-electron chi connectivity index (χ1n) is 6.76. The molecule has 0 radical (unpaired) electrons. The van der Waals surface area contributed by atoms with Gasteiger partial charge in [0.15, 0.2) is 0 Å². The number of carbonyl (C=O) groups excluding carboxylic acids is 1. The van der Waals surface area contributed by atoms with E-state index in [-0.39, 0.29) is 5.91 Å². The van der Waals surface area contributed by atoms with Crippen LogP contribution in [0.15, 0.2) is 16.5 Å². The summed E-state index contributed by atoms with van der Waals surface area (Å²) in [6, 6.07) is 4.00. The maximum absolute atomic E-state index is 11.8. The Hall–Kier alpha value is -0.940.